The van der Waals surface area contributed by atoms with Crippen molar-refractivity contribution in [2.45, 2.75) is 32.3 Å². The Morgan fingerprint density at radius 1 is 1.04 bits per heavy atom. The molecule has 0 spiro atoms. The Bertz CT molecular complexity index is 868. The molecule has 3 aromatic rings. The summed E-state index contributed by atoms with van der Waals surface area (Å²) >= 11 is 3.10. The molecule has 3 rings (SSSR count). The van der Waals surface area contributed by atoms with Crippen molar-refractivity contribution in [1.82, 2.24) is 0 Å². The van der Waals surface area contributed by atoms with Crippen molar-refractivity contribution in [2.24, 2.45) is 0 Å². The predicted octanol–water partition coefficient (Wildman–Crippen LogP) is 4.95. The molecule has 2 N–H and O–H groups in total. The molecule has 0 bridgehead atoms. The largest absolute Gasteiger partial charge is 0.494 e. The second-order valence-corrected chi connectivity index (χ2v) is 8.38. The molecular formula is C21H22O4S2. The lowest BCUT2D eigenvalue weighted by molar-refractivity contribution is -0.137. The second-order valence-electron chi connectivity index (χ2n) is 6.56. The van der Waals surface area contributed by atoms with E-state index < -0.39 is 11.6 Å². The fraction of sp³-hybridized carbons (Fsp3) is 0.286. The van der Waals surface area contributed by atoms with E-state index >= 15 is 0 Å². The number of rotatable bonds is 8. The number of aliphatic hydroxyl groups is 1. The van der Waals surface area contributed by atoms with E-state index in [0.717, 1.165) is 26.4 Å². The number of hydrogen-bond acceptors (Lipinski definition) is 5. The number of benzene rings is 1. The zero-order valence-electron chi connectivity index (χ0n) is 15.3. The van der Waals surface area contributed by atoms with Crippen LogP contribution in [0.1, 0.15) is 39.3 Å². The van der Waals surface area contributed by atoms with Gasteiger partial charge in [0.15, 0.2) is 5.60 Å². The Balaban J connectivity index is 1.86. The van der Waals surface area contributed by atoms with Gasteiger partial charge in [0.2, 0.25) is 0 Å². The Kier molecular flexibility index (Phi) is 5.99. The number of aliphatic carboxylic acids is 1. The zero-order chi connectivity index (χ0) is 19.4. The van der Waals surface area contributed by atoms with Gasteiger partial charge >= 0.3 is 5.97 Å². The van der Waals surface area contributed by atoms with E-state index in [-0.39, 0.29) is 6.42 Å². The van der Waals surface area contributed by atoms with Gasteiger partial charge in [-0.1, -0.05) is 12.1 Å². The van der Waals surface area contributed by atoms with Gasteiger partial charge in [-0.3, -0.25) is 4.79 Å². The number of thiophene rings is 2. The summed E-state index contributed by atoms with van der Waals surface area (Å²) in [5, 5.41) is 24.5. The normalized spacial score (nSPS) is 11.5. The maximum Gasteiger partial charge on any atom is 0.303 e. The monoisotopic (exact) mass is 402 g/mol. The first-order valence-electron chi connectivity index (χ1n) is 8.68. The predicted molar refractivity (Wildman–Crippen MR) is 109 cm³/mol. The number of ether oxygens (including phenoxy) is 1. The average Bonchev–Trinajstić information content (AvgIpc) is 3.27. The Labute approximate surface area is 166 Å². The minimum absolute atomic E-state index is 0.0906. The smallest absolute Gasteiger partial charge is 0.303 e. The van der Waals surface area contributed by atoms with Crippen LogP contribution in [0, 0.1) is 13.8 Å². The van der Waals surface area contributed by atoms with E-state index in [2.05, 4.69) is 0 Å². The highest BCUT2D eigenvalue weighted by Gasteiger charge is 2.36. The first-order chi connectivity index (χ1) is 12.9. The van der Waals surface area contributed by atoms with Gasteiger partial charge in [-0.05, 0) is 72.0 Å². The van der Waals surface area contributed by atoms with Crippen molar-refractivity contribution in [1.29, 1.82) is 0 Å². The molecule has 0 aliphatic heterocycles. The molecule has 0 atom stereocenters. The van der Waals surface area contributed by atoms with Gasteiger partial charge in [0.25, 0.3) is 0 Å². The molecule has 1 aromatic carbocycles. The Hall–Kier alpha value is -2.15. The molecule has 0 amide bonds. The van der Waals surface area contributed by atoms with Crippen LogP contribution in [0.25, 0.3) is 0 Å². The summed E-state index contributed by atoms with van der Waals surface area (Å²) in [5.41, 5.74) is 1.84. The van der Waals surface area contributed by atoms with Gasteiger partial charge in [-0.2, -0.15) is 0 Å². The zero-order valence-corrected chi connectivity index (χ0v) is 16.9. The molecule has 27 heavy (non-hydrogen) atoms. The lowest BCUT2D eigenvalue weighted by Gasteiger charge is -2.27. The summed E-state index contributed by atoms with van der Waals surface area (Å²) in [4.78, 5) is 12.3. The molecule has 4 nitrogen and oxygen atoms in total. The van der Waals surface area contributed by atoms with Crippen LogP contribution in [0.15, 0.2) is 47.2 Å². The van der Waals surface area contributed by atoms with E-state index in [4.69, 9.17) is 9.84 Å². The van der Waals surface area contributed by atoms with Crippen molar-refractivity contribution < 1.29 is 19.7 Å². The highest BCUT2D eigenvalue weighted by molar-refractivity contribution is 7.12. The molecule has 0 saturated carbocycles. The summed E-state index contributed by atoms with van der Waals surface area (Å²) in [6.45, 7) is 4.40. The fourth-order valence-corrected chi connectivity index (χ4v) is 4.98. The highest BCUT2D eigenvalue weighted by atomic mass is 32.1. The number of carbonyl (C=O) groups is 1. The van der Waals surface area contributed by atoms with Gasteiger partial charge in [0, 0.05) is 16.2 Å². The van der Waals surface area contributed by atoms with Crippen molar-refractivity contribution >= 4 is 28.6 Å². The molecule has 0 aliphatic carbocycles. The highest BCUT2D eigenvalue weighted by Crippen LogP contribution is 2.42. The fourth-order valence-electron chi connectivity index (χ4n) is 2.85. The molecular weight excluding hydrogens is 380 g/mol. The Morgan fingerprint density at radius 2 is 1.59 bits per heavy atom. The second kappa shape index (κ2) is 8.25. The standard InChI is InChI=1S/C21H22O4S2/c1-14-10-18(26-12-14)21(24,19-11-15(2)13-27-19)16-5-7-17(8-6-16)25-9-3-4-20(22)23/h5-8,10-13,24H,3-4,9H2,1-2H3,(H,22,23). The van der Waals surface area contributed by atoms with Gasteiger partial charge in [0.05, 0.1) is 6.61 Å². The molecule has 0 saturated heterocycles. The van der Waals surface area contributed by atoms with E-state index in [9.17, 15) is 9.90 Å². The number of aryl methyl sites for hydroxylation is 2. The van der Waals surface area contributed by atoms with Crippen molar-refractivity contribution in [3.63, 3.8) is 0 Å². The average molecular weight is 403 g/mol. The molecule has 0 radical (unpaired) electrons. The summed E-state index contributed by atoms with van der Waals surface area (Å²) in [5.74, 6) is -0.160. The molecule has 142 valence electrons. The topological polar surface area (TPSA) is 66.8 Å². The summed E-state index contributed by atoms with van der Waals surface area (Å²) < 4.78 is 5.60. The minimum Gasteiger partial charge on any atom is -0.494 e. The minimum atomic E-state index is -1.19. The van der Waals surface area contributed by atoms with Crippen LogP contribution >= 0.6 is 22.7 Å². The maximum absolute atomic E-state index is 11.7. The summed E-state index contributed by atoms with van der Waals surface area (Å²) in [6.07, 6.45) is 0.553. The molecule has 6 heteroatoms. The SMILES string of the molecule is Cc1csc(C(O)(c2ccc(OCCCC(=O)O)cc2)c2cc(C)cs2)c1. The molecule has 0 aliphatic rings. The number of carboxylic acid groups (broad SMARTS) is 1. The Morgan fingerprint density at radius 3 is 2.04 bits per heavy atom. The molecule has 0 fully saturated rings. The van der Waals surface area contributed by atoms with Crippen LogP contribution in [0.4, 0.5) is 0 Å². The van der Waals surface area contributed by atoms with Crippen molar-refractivity contribution in [2.75, 3.05) is 6.61 Å². The van der Waals surface area contributed by atoms with E-state index in [1.165, 1.54) is 0 Å². The van der Waals surface area contributed by atoms with Crippen LogP contribution in [-0.4, -0.2) is 22.8 Å². The van der Waals surface area contributed by atoms with Gasteiger partial charge in [-0.15, -0.1) is 22.7 Å². The summed E-state index contributed by atoms with van der Waals surface area (Å²) in [6, 6.07) is 11.4. The molecule has 2 heterocycles. The third-order valence-electron chi connectivity index (χ3n) is 4.25. The lowest BCUT2D eigenvalue weighted by Crippen LogP contribution is -2.26. The first kappa shape index (κ1) is 19.6. The van der Waals surface area contributed by atoms with Crippen LogP contribution < -0.4 is 4.74 Å². The third kappa shape index (κ3) is 4.40. The third-order valence-corrected chi connectivity index (χ3v) is 6.56. The van der Waals surface area contributed by atoms with Gasteiger partial charge < -0.3 is 14.9 Å². The van der Waals surface area contributed by atoms with E-state index in [1.807, 2.05) is 61.0 Å². The number of carboxylic acids is 1. The van der Waals surface area contributed by atoms with Crippen LogP contribution in [0.5, 0.6) is 5.75 Å². The van der Waals surface area contributed by atoms with Gasteiger partial charge in [0.1, 0.15) is 5.75 Å². The molecule has 0 unspecified atom stereocenters. The van der Waals surface area contributed by atoms with E-state index in [0.29, 0.717) is 18.8 Å². The lowest BCUT2D eigenvalue weighted by atomic mass is 9.90. The van der Waals surface area contributed by atoms with Crippen LogP contribution in [0.2, 0.25) is 0 Å². The number of hydrogen-bond donors (Lipinski definition) is 2. The first-order valence-corrected chi connectivity index (χ1v) is 10.4. The molecule has 2 aromatic heterocycles. The van der Waals surface area contributed by atoms with Crippen LogP contribution in [-0.2, 0) is 10.4 Å². The quantitative estimate of drug-likeness (QED) is 0.523. The summed E-state index contributed by atoms with van der Waals surface area (Å²) in [7, 11) is 0. The maximum atomic E-state index is 11.7. The van der Waals surface area contributed by atoms with Crippen LogP contribution in [0.3, 0.4) is 0 Å². The van der Waals surface area contributed by atoms with Gasteiger partial charge in [-0.25, -0.2) is 0 Å². The van der Waals surface area contributed by atoms with Crippen molar-refractivity contribution in [3.05, 3.63) is 73.6 Å². The van der Waals surface area contributed by atoms with E-state index in [1.54, 1.807) is 22.7 Å². The van der Waals surface area contributed by atoms with Crippen molar-refractivity contribution in [3.8, 4) is 5.75 Å².